The minimum absolute atomic E-state index is 0.113. The van der Waals surface area contributed by atoms with E-state index in [4.69, 9.17) is 0 Å². The summed E-state index contributed by atoms with van der Waals surface area (Å²) in [6.45, 7) is 3.66. The Morgan fingerprint density at radius 3 is 1.65 bits per heavy atom. The molecule has 0 fully saturated rings. The molecule has 4 aromatic carbocycles. The van der Waals surface area contributed by atoms with Crippen LogP contribution in [-0.4, -0.2) is 0 Å². The van der Waals surface area contributed by atoms with Crippen molar-refractivity contribution in [1.29, 1.82) is 0 Å². The van der Waals surface area contributed by atoms with E-state index in [1.807, 2.05) is 6.92 Å². The summed E-state index contributed by atoms with van der Waals surface area (Å²) >= 11 is 0. The van der Waals surface area contributed by atoms with Gasteiger partial charge in [-0.25, -0.2) is 22.0 Å². The van der Waals surface area contributed by atoms with Gasteiger partial charge in [-0.3, -0.25) is 0 Å². The van der Waals surface area contributed by atoms with Crippen LogP contribution in [-0.2, 0) is 6.42 Å². The van der Waals surface area contributed by atoms with Crippen molar-refractivity contribution >= 4 is 0 Å². The summed E-state index contributed by atoms with van der Waals surface area (Å²) in [7, 11) is 0. The third kappa shape index (κ3) is 6.79. The highest BCUT2D eigenvalue weighted by molar-refractivity contribution is 5.66. The Morgan fingerprint density at radius 2 is 1.12 bits per heavy atom. The molecule has 34 heavy (non-hydrogen) atoms. The lowest BCUT2D eigenvalue weighted by Gasteiger charge is -2.07. The Morgan fingerprint density at radius 1 is 0.588 bits per heavy atom. The van der Waals surface area contributed by atoms with E-state index < -0.39 is 17.5 Å². The molecule has 0 spiro atoms. The predicted octanol–water partition coefficient (Wildman–Crippen LogP) is 7.95. The molecular formula is C29H21F5. The summed E-state index contributed by atoms with van der Waals surface area (Å²) in [5.41, 5.74) is 2.41. The van der Waals surface area contributed by atoms with Crippen LogP contribution in [0.25, 0.3) is 11.1 Å². The number of halogens is 5. The van der Waals surface area contributed by atoms with Gasteiger partial charge < -0.3 is 0 Å². The van der Waals surface area contributed by atoms with Gasteiger partial charge in [-0.2, -0.15) is 0 Å². The molecule has 5 heteroatoms. The normalized spacial score (nSPS) is 10.1. The van der Waals surface area contributed by atoms with Gasteiger partial charge in [0.2, 0.25) is 0 Å². The van der Waals surface area contributed by atoms with Crippen molar-refractivity contribution in [3.8, 4) is 23.0 Å². The van der Waals surface area contributed by atoms with Crippen molar-refractivity contribution in [2.45, 2.75) is 20.3 Å². The van der Waals surface area contributed by atoms with E-state index in [1.165, 1.54) is 36.4 Å². The van der Waals surface area contributed by atoms with Crippen molar-refractivity contribution in [2.75, 3.05) is 0 Å². The first-order chi connectivity index (χ1) is 16.2. The number of hydrogen-bond donors (Lipinski definition) is 0. The van der Waals surface area contributed by atoms with Crippen LogP contribution < -0.4 is 0 Å². The second kappa shape index (κ2) is 11.3. The molecule has 0 amide bonds. The molecule has 0 saturated carbocycles. The summed E-state index contributed by atoms with van der Waals surface area (Å²) in [5, 5.41) is 0. The molecule has 0 aliphatic rings. The van der Waals surface area contributed by atoms with Crippen molar-refractivity contribution in [1.82, 2.24) is 0 Å². The molecule has 0 aliphatic carbocycles. The Bertz CT molecular complexity index is 1280. The fraction of sp³-hybridized carbons (Fsp3) is 0.103. The van der Waals surface area contributed by atoms with Crippen LogP contribution in [0.3, 0.4) is 0 Å². The van der Waals surface area contributed by atoms with Crippen LogP contribution in [0.2, 0.25) is 0 Å². The summed E-state index contributed by atoms with van der Waals surface area (Å²) in [6.07, 6.45) is 0.230. The maximum atomic E-state index is 14.3. The highest BCUT2D eigenvalue weighted by Gasteiger charge is 2.13. The number of aryl methyl sites for hydroxylation is 2. The van der Waals surface area contributed by atoms with Crippen molar-refractivity contribution in [3.05, 3.63) is 130 Å². The summed E-state index contributed by atoms with van der Waals surface area (Å²) < 4.78 is 67.5. The molecule has 4 aromatic rings. The molecule has 4 rings (SSSR count). The second-order valence-electron chi connectivity index (χ2n) is 7.70. The van der Waals surface area contributed by atoms with Gasteiger partial charge in [0, 0.05) is 12.0 Å². The van der Waals surface area contributed by atoms with E-state index in [0.717, 1.165) is 28.8 Å². The van der Waals surface area contributed by atoms with E-state index in [2.05, 4.69) is 11.8 Å². The van der Waals surface area contributed by atoms with Gasteiger partial charge in [-0.1, -0.05) is 53.8 Å². The molecule has 0 aromatic heterocycles. The molecule has 0 aliphatic heterocycles. The highest BCUT2D eigenvalue weighted by Crippen LogP contribution is 2.27. The average Bonchev–Trinajstić information content (AvgIpc) is 2.79. The molecular weight excluding hydrogens is 443 g/mol. The van der Waals surface area contributed by atoms with Gasteiger partial charge in [0.1, 0.15) is 29.1 Å². The van der Waals surface area contributed by atoms with Gasteiger partial charge in [-0.05, 0) is 73.0 Å². The van der Waals surface area contributed by atoms with Crippen molar-refractivity contribution < 1.29 is 22.0 Å². The lowest BCUT2D eigenvalue weighted by Crippen LogP contribution is -1.94. The SMILES string of the molecule is Cc1ccc(-c2cc(F)c(C#CCc3ccc(F)cc3)c(F)c2)c(F)c1.Cc1ccc(F)cc1. The Kier molecular flexibility index (Phi) is 8.21. The molecule has 0 bridgehead atoms. The van der Waals surface area contributed by atoms with Crippen LogP contribution >= 0.6 is 0 Å². The fourth-order valence-corrected chi connectivity index (χ4v) is 3.07. The zero-order valence-electron chi connectivity index (χ0n) is 18.6. The molecule has 0 heterocycles. The molecule has 0 N–H and O–H groups in total. The maximum Gasteiger partial charge on any atom is 0.142 e. The van der Waals surface area contributed by atoms with E-state index in [1.54, 1.807) is 37.3 Å². The highest BCUT2D eigenvalue weighted by atomic mass is 19.1. The first-order valence-electron chi connectivity index (χ1n) is 10.4. The minimum atomic E-state index is -0.855. The molecule has 0 unspecified atom stereocenters. The number of benzene rings is 4. The predicted molar refractivity (Wildman–Crippen MR) is 125 cm³/mol. The fourth-order valence-electron chi connectivity index (χ4n) is 3.07. The largest absolute Gasteiger partial charge is 0.207 e. The standard InChI is InChI=1S/C22H14F4.C7H7F/c1-14-5-10-18(20(24)11-14)16-12-21(25)19(22(26)13-16)4-2-3-15-6-8-17(23)9-7-15;1-6-2-4-7(8)5-3-6/h5-13H,3H2,1H3;2-5H,1H3. The van der Waals surface area contributed by atoms with Crippen LogP contribution in [0.5, 0.6) is 0 Å². The smallest absolute Gasteiger partial charge is 0.142 e. The van der Waals surface area contributed by atoms with Crippen LogP contribution in [0, 0.1) is 54.8 Å². The molecule has 172 valence electrons. The maximum absolute atomic E-state index is 14.3. The molecule has 0 nitrogen and oxygen atoms in total. The van der Waals surface area contributed by atoms with Gasteiger partial charge >= 0.3 is 0 Å². The lowest BCUT2D eigenvalue weighted by atomic mass is 10.0. The Hall–Kier alpha value is -3.91. The average molecular weight is 464 g/mol. The second-order valence-corrected chi connectivity index (χ2v) is 7.70. The van der Waals surface area contributed by atoms with E-state index in [-0.39, 0.29) is 34.7 Å². The van der Waals surface area contributed by atoms with Gasteiger partial charge in [-0.15, -0.1) is 0 Å². The first-order valence-corrected chi connectivity index (χ1v) is 10.4. The van der Waals surface area contributed by atoms with E-state index >= 15 is 0 Å². The summed E-state index contributed by atoms with van der Waals surface area (Å²) in [4.78, 5) is 0. The molecule has 0 saturated heterocycles. The van der Waals surface area contributed by atoms with E-state index in [9.17, 15) is 22.0 Å². The quantitative estimate of drug-likeness (QED) is 0.209. The topological polar surface area (TPSA) is 0 Å². The molecule has 0 radical (unpaired) electrons. The zero-order valence-corrected chi connectivity index (χ0v) is 18.6. The lowest BCUT2D eigenvalue weighted by molar-refractivity contribution is 0.577. The monoisotopic (exact) mass is 464 g/mol. The van der Waals surface area contributed by atoms with Gasteiger partial charge in [0.05, 0.1) is 5.56 Å². The zero-order chi connectivity index (χ0) is 24.7. The third-order valence-corrected chi connectivity index (χ3v) is 4.91. The van der Waals surface area contributed by atoms with Gasteiger partial charge in [0.25, 0.3) is 0 Å². The van der Waals surface area contributed by atoms with Crippen molar-refractivity contribution in [2.24, 2.45) is 0 Å². The third-order valence-electron chi connectivity index (χ3n) is 4.91. The Balaban J connectivity index is 0.000000343. The first kappa shape index (κ1) is 24.7. The van der Waals surface area contributed by atoms with Crippen LogP contribution in [0.4, 0.5) is 22.0 Å². The van der Waals surface area contributed by atoms with E-state index in [0.29, 0.717) is 0 Å². The number of rotatable bonds is 2. The van der Waals surface area contributed by atoms with Crippen LogP contribution in [0.15, 0.2) is 78.9 Å². The number of hydrogen-bond acceptors (Lipinski definition) is 0. The summed E-state index contributed by atoms with van der Waals surface area (Å²) in [5.74, 6) is 2.34. The Labute approximate surface area is 195 Å². The van der Waals surface area contributed by atoms with Gasteiger partial charge in [0.15, 0.2) is 0 Å². The van der Waals surface area contributed by atoms with Crippen molar-refractivity contribution in [3.63, 3.8) is 0 Å². The minimum Gasteiger partial charge on any atom is -0.207 e. The summed E-state index contributed by atoms with van der Waals surface area (Å²) in [6, 6.07) is 18.7. The van der Waals surface area contributed by atoms with Crippen LogP contribution in [0.1, 0.15) is 22.3 Å². The molecule has 0 atom stereocenters.